The highest BCUT2D eigenvalue weighted by Crippen LogP contribution is 2.26. The second-order valence-corrected chi connectivity index (χ2v) is 10.6. The van der Waals surface area contributed by atoms with E-state index in [4.69, 9.17) is 4.74 Å². The Bertz CT molecular complexity index is 1110. The van der Waals surface area contributed by atoms with Crippen molar-refractivity contribution in [2.24, 2.45) is 5.92 Å². The van der Waals surface area contributed by atoms with E-state index in [1.165, 1.54) is 29.3 Å². The van der Waals surface area contributed by atoms with Crippen LogP contribution in [0, 0.1) is 11.7 Å². The molecule has 0 aliphatic carbocycles. The van der Waals surface area contributed by atoms with Gasteiger partial charge in [0, 0.05) is 39.1 Å². The molecule has 1 saturated heterocycles. The van der Waals surface area contributed by atoms with Crippen LogP contribution < -0.4 is 9.46 Å². The molecule has 2 aromatic carbocycles. The number of carbonyl (C=O) groups is 1. The molecule has 2 aliphatic rings. The number of nitrogens with one attached hydrogen (secondary N) is 1. The van der Waals surface area contributed by atoms with Crippen LogP contribution in [0.5, 0.6) is 5.75 Å². The average molecular weight is 476 g/mol. The summed E-state index contributed by atoms with van der Waals surface area (Å²) in [5.74, 6) is -0.441. The van der Waals surface area contributed by atoms with Crippen LogP contribution in [0.2, 0.25) is 0 Å². The number of fused-ring (bicyclic) bond motifs is 1. The molecular weight excluding hydrogens is 445 g/mol. The largest absolute Gasteiger partial charge is 0.493 e. The monoisotopic (exact) mass is 475 g/mol. The van der Waals surface area contributed by atoms with Gasteiger partial charge < -0.3 is 9.64 Å². The van der Waals surface area contributed by atoms with Gasteiger partial charge in [-0.1, -0.05) is 38.1 Å². The number of amides is 1. The van der Waals surface area contributed by atoms with Crippen LogP contribution in [-0.2, 0) is 27.8 Å². The van der Waals surface area contributed by atoms with Gasteiger partial charge >= 0.3 is 0 Å². The molecule has 0 aromatic heterocycles. The van der Waals surface area contributed by atoms with Gasteiger partial charge in [0.05, 0.1) is 6.61 Å². The zero-order valence-electron chi connectivity index (χ0n) is 19.0. The number of piperazine rings is 1. The van der Waals surface area contributed by atoms with E-state index < -0.39 is 26.8 Å². The standard InChI is InChI=1S/C24H30FN3O4S/c1-17(2)23(26-33(30,31)22-6-4-3-5-20(22)25)24(29)28-12-10-27(11-13-28)16-18-7-8-21-19(15-18)9-14-32-21/h3-8,15,17,23,26H,9-14,16H2,1-2H3/t23-/m0/s1. The van der Waals surface area contributed by atoms with Crippen LogP contribution in [0.15, 0.2) is 47.4 Å². The maximum atomic E-state index is 14.1. The first-order valence-corrected chi connectivity index (χ1v) is 12.8. The fourth-order valence-electron chi connectivity index (χ4n) is 4.28. The second-order valence-electron chi connectivity index (χ2n) is 8.92. The Morgan fingerprint density at radius 2 is 1.85 bits per heavy atom. The first-order chi connectivity index (χ1) is 15.7. The van der Waals surface area contributed by atoms with Crippen molar-refractivity contribution >= 4 is 15.9 Å². The Morgan fingerprint density at radius 1 is 1.12 bits per heavy atom. The number of ether oxygens (including phenoxy) is 1. The predicted molar refractivity (Wildman–Crippen MR) is 123 cm³/mol. The van der Waals surface area contributed by atoms with Crippen molar-refractivity contribution in [1.82, 2.24) is 14.5 Å². The lowest BCUT2D eigenvalue weighted by Crippen LogP contribution is -2.56. The smallest absolute Gasteiger partial charge is 0.244 e. The van der Waals surface area contributed by atoms with Gasteiger partial charge in [0.25, 0.3) is 0 Å². The summed E-state index contributed by atoms with van der Waals surface area (Å²) in [5.41, 5.74) is 2.46. The fourth-order valence-corrected chi connectivity index (χ4v) is 5.70. The normalized spacial score (nSPS) is 17.6. The Labute approximate surface area is 194 Å². The summed E-state index contributed by atoms with van der Waals surface area (Å²) in [4.78, 5) is 16.7. The lowest BCUT2D eigenvalue weighted by atomic mass is 10.0. The van der Waals surface area contributed by atoms with Crippen molar-refractivity contribution in [1.29, 1.82) is 0 Å². The Morgan fingerprint density at radius 3 is 2.55 bits per heavy atom. The summed E-state index contributed by atoms with van der Waals surface area (Å²) >= 11 is 0. The SMILES string of the molecule is CC(C)[C@H](NS(=O)(=O)c1ccccc1F)C(=O)N1CCN(Cc2ccc3c(c2)CCO3)CC1. The summed E-state index contributed by atoms with van der Waals surface area (Å²) < 4.78 is 47.6. The molecule has 1 fully saturated rings. The molecule has 9 heteroatoms. The van der Waals surface area contributed by atoms with E-state index in [1.54, 1.807) is 18.7 Å². The van der Waals surface area contributed by atoms with Gasteiger partial charge in [-0.3, -0.25) is 9.69 Å². The van der Waals surface area contributed by atoms with Gasteiger partial charge in [-0.15, -0.1) is 0 Å². The van der Waals surface area contributed by atoms with Crippen LogP contribution in [0.4, 0.5) is 4.39 Å². The molecule has 2 aromatic rings. The van der Waals surface area contributed by atoms with E-state index in [-0.39, 0.29) is 11.8 Å². The van der Waals surface area contributed by atoms with Crippen LogP contribution >= 0.6 is 0 Å². The summed E-state index contributed by atoms with van der Waals surface area (Å²) in [6, 6.07) is 10.5. The minimum atomic E-state index is -4.17. The van der Waals surface area contributed by atoms with Crippen molar-refractivity contribution < 1.29 is 22.3 Å². The lowest BCUT2D eigenvalue weighted by Gasteiger charge is -2.37. The molecule has 0 bridgehead atoms. The average Bonchev–Trinajstić information content (AvgIpc) is 3.25. The van der Waals surface area contributed by atoms with Crippen molar-refractivity contribution in [2.75, 3.05) is 32.8 Å². The molecule has 2 heterocycles. The minimum absolute atomic E-state index is 0.278. The molecular formula is C24H30FN3O4S. The Hall–Kier alpha value is -2.49. The molecule has 4 rings (SSSR count). The topological polar surface area (TPSA) is 79.0 Å². The van der Waals surface area contributed by atoms with Crippen LogP contribution in [0.3, 0.4) is 0 Å². The number of benzene rings is 2. The number of nitrogens with zero attached hydrogens (tertiary/aromatic N) is 2. The van der Waals surface area contributed by atoms with Crippen molar-refractivity contribution in [3.63, 3.8) is 0 Å². The van der Waals surface area contributed by atoms with Crippen LogP contribution in [0.1, 0.15) is 25.0 Å². The van der Waals surface area contributed by atoms with E-state index in [1.807, 2.05) is 6.07 Å². The zero-order chi connectivity index (χ0) is 23.6. The maximum Gasteiger partial charge on any atom is 0.244 e. The van der Waals surface area contributed by atoms with E-state index >= 15 is 0 Å². The van der Waals surface area contributed by atoms with Gasteiger partial charge in [-0.25, -0.2) is 12.8 Å². The summed E-state index contributed by atoms with van der Waals surface area (Å²) in [5, 5.41) is 0. The summed E-state index contributed by atoms with van der Waals surface area (Å²) in [7, 11) is -4.17. The first-order valence-electron chi connectivity index (χ1n) is 11.3. The first kappa shape index (κ1) is 23.7. The minimum Gasteiger partial charge on any atom is -0.493 e. The lowest BCUT2D eigenvalue weighted by molar-refractivity contribution is -0.135. The van der Waals surface area contributed by atoms with Gasteiger partial charge in [-0.2, -0.15) is 4.72 Å². The second kappa shape index (κ2) is 9.79. The summed E-state index contributed by atoms with van der Waals surface area (Å²) in [6.07, 6.45) is 0.935. The molecule has 0 radical (unpaired) electrons. The third-order valence-electron chi connectivity index (χ3n) is 6.19. The van der Waals surface area contributed by atoms with E-state index in [0.29, 0.717) is 26.2 Å². The zero-order valence-corrected chi connectivity index (χ0v) is 19.8. The van der Waals surface area contributed by atoms with Crippen molar-refractivity contribution in [2.45, 2.75) is 37.8 Å². The number of sulfonamides is 1. The van der Waals surface area contributed by atoms with Gasteiger partial charge in [0.1, 0.15) is 22.5 Å². The van der Waals surface area contributed by atoms with E-state index in [2.05, 4.69) is 21.8 Å². The number of hydrogen-bond acceptors (Lipinski definition) is 5. The quantitative estimate of drug-likeness (QED) is 0.666. The molecule has 0 spiro atoms. The number of rotatable bonds is 7. The molecule has 2 aliphatic heterocycles. The van der Waals surface area contributed by atoms with Crippen molar-refractivity contribution in [3.05, 3.63) is 59.4 Å². The molecule has 0 saturated carbocycles. The fraction of sp³-hybridized carbons (Fsp3) is 0.458. The van der Waals surface area contributed by atoms with E-state index in [9.17, 15) is 17.6 Å². The third kappa shape index (κ3) is 5.37. The molecule has 0 unspecified atom stereocenters. The molecule has 1 atom stereocenters. The molecule has 1 N–H and O–H groups in total. The number of carbonyl (C=O) groups excluding carboxylic acids is 1. The molecule has 33 heavy (non-hydrogen) atoms. The molecule has 7 nitrogen and oxygen atoms in total. The maximum absolute atomic E-state index is 14.1. The third-order valence-corrected chi connectivity index (χ3v) is 7.66. The number of halogens is 1. The highest BCUT2D eigenvalue weighted by Gasteiger charge is 2.34. The van der Waals surface area contributed by atoms with E-state index in [0.717, 1.165) is 31.4 Å². The summed E-state index contributed by atoms with van der Waals surface area (Å²) in [6.45, 7) is 7.50. The highest BCUT2D eigenvalue weighted by atomic mass is 32.2. The Kier molecular flexibility index (Phi) is 7.02. The highest BCUT2D eigenvalue weighted by molar-refractivity contribution is 7.89. The number of hydrogen-bond donors (Lipinski definition) is 1. The van der Waals surface area contributed by atoms with Gasteiger partial charge in [-0.05, 0) is 35.2 Å². The Balaban J connectivity index is 1.37. The van der Waals surface area contributed by atoms with Gasteiger partial charge in [0.15, 0.2) is 0 Å². The van der Waals surface area contributed by atoms with Crippen molar-refractivity contribution in [3.8, 4) is 5.75 Å². The van der Waals surface area contributed by atoms with Gasteiger partial charge in [0.2, 0.25) is 15.9 Å². The van der Waals surface area contributed by atoms with Crippen LogP contribution in [0.25, 0.3) is 0 Å². The molecule has 1 amide bonds. The van der Waals surface area contributed by atoms with Crippen LogP contribution in [-0.4, -0.2) is 63.0 Å². The predicted octanol–water partition coefficient (Wildman–Crippen LogP) is 2.41. The molecule has 178 valence electrons.